The van der Waals surface area contributed by atoms with Crippen molar-refractivity contribution in [2.75, 3.05) is 6.61 Å². The Kier molecular flexibility index (Phi) is 6.37. The largest absolute Gasteiger partial charge is 0.502 e. The molecule has 0 unspecified atom stereocenters. The zero-order valence-electron chi connectivity index (χ0n) is 17.6. The van der Waals surface area contributed by atoms with Crippen molar-refractivity contribution >= 4 is 11.0 Å². The molecule has 0 radical (unpaired) electrons. The van der Waals surface area contributed by atoms with Gasteiger partial charge in [-0.25, -0.2) is 0 Å². The van der Waals surface area contributed by atoms with Gasteiger partial charge in [0, 0.05) is 5.56 Å². The summed E-state index contributed by atoms with van der Waals surface area (Å²) in [5.41, 5.74) is 2.73. The van der Waals surface area contributed by atoms with E-state index in [4.69, 9.17) is 9.15 Å². The van der Waals surface area contributed by atoms with Crippen LogP contribution in [0.4, 0.5) is 0 Å². The highest BCUT2D eigenvalue weighted by Crippen LogP contribution is 2.34. The van der Waals surface area contributed by atoms with Crippen LogP contribution in [-0.2, 0) is 6.42 Å². The Morgan fingerprint density at radius 3 is 2.32 bits per heavy atom. The zero-order chi connectivity index (χ0) is 21.6. The van der Waals surface area contributed by atoms with Crippen LogP contribution in [0.5, 0.6) is 11.5 Å². The summed E-state index contributed by atoms with van der Waals surface area (Å²) in [4.78, 5) is 13.1. The monoisotopic (exact) mass is 414 g/mol. The van der Waals surface area contributed by atoms with Crippen LogP contribution in [0.15, 0.2) is 82.0 Å². The highest BCUT2D eigenvalue weighted by molar-refractivity contribution is 5.88. The Hall–Kier alpha value is -3.53. The third-order valence-corrected chi connectivity index (χ3v) is 5.29. The molecule has 0 amide bonds. The topological polar surface area (TPSA) is 59.7 Å². The van der Waals surface area contributed by atoms with Gasteiger partial charge < -0.3 is 14.3 Å². The fourth-order valence-electron chi connectivity index (χ4n) is 3.70. The van der Waals surface area contributed by atoms with Crippen LogP contribution in [0.25, 0.3) is 22.3 Å². The minimum Gasteiger partial charge on any atom is -0.502 e. The van der Waals surface area contributed by atoms with Crippen LogP contribution in [0.1, 0.15) is 37.3 Å². The van der Waals surface area contributed by atoms with Crippen LogP contribution in [0, 0.1) is 0 Å². The molecular weight excluding hydrogens is 388 g/mol. The second kappa shape index (κ2) is 9.52. The second-order valence-corrected chi connectivity index (χ2v) is 7.66. The first-order chi connectivity index (χ1) is 15.2. The summed E-state index contributed by atoms with van der Waals surface area (Å²) in [5.74, 6) is 0.239. The highest BCUT2D eigenvalue weighted by Gasteiger charge is 2.19. The van der Waals surface area contributed by atoms with E-state index in [1.807, 2.05) is 48.5 Å². The van der Waals surface area contributed by atoms with Crippen molar-refractivity contribution < 1.29 is 14.3 Å². The molecule has 4 rings (SSSR count). The van der Waals surface area contributed by atoms with Crippen molar-refractivity contribution in [1.29, 1.82) is 0 Å². The van der Waals surface area contributed by atoms with Gasteiger partial charge in [0.1, 0.15) is 16.7 Å². The average Bonchev–Trinajstić information content (AvgIpc) is 2.80. The summed E-state index contributed by atoms with van der Waals surface area (Å²) in [6.45, 7) is 2.64. The molecule has 1 heterocycles. The molecule has 0 aliphatic heterocycles. The second-order valence-electron chi connectivity index (χ2n) is 7.66. The summed E-state index contributed by atoms with van der Waals surface area (Å²) in [6.07, 6.45) is 3.73. The maximum absolute atomic E-state index is 13.1. The van der Waals surface area contributed by atoms with Gasteiger partial charge in [-0.1, -0.05) is 80.4 Å². The molecule has 0 atom stereocenters. The summed E-state index contributed by atoms with van der Waals surface area (Å²) in [6, 6.07) is 23.0. The molecule has 3 aromatic carbocycles. The Bertz CT molecular complexity index is 1210. The smallest absolute Gasteiger partial charge is 0.238 e. The number of hydrogen-bond acceptors (Lipinski definition) is 4. The Balaban J connectivity index is 1.83. The molecular formula is C27H26O4. The molecule has 0 aliphatic carbocycles. The van der Waals surface area contributed by atoms with Crippen molar-refractivity contribution in [2.24, 2.45) is 0 Å². The van der Waals surface area contributed by atoms with Gasteiger partial charge in [-0.05, 0) is 36.1 Å². The summed E-state index contributed by atoms with van der Waals surface area (Å²) >= 11 is 0. The lowest BCUT2D eigenvalue weighted by molar-refractivity contribution is 0.309. The first-order valence-corrected chi connectivity index (χ1v) is 10.7. The number of fused-ring (bicyclic) bond motifs is 1. The van der Waals surface area contributed by atoms with Gasteiger partial charge in [0.25, 0.3) is 0 Å². The third kappa shape index (κ3) is 4.64. The van der Waals surface area contributed by atoms with Gasteiger partial charge in [0.05, 0.1) is 6.61 Å². The molecule has 0 bridgehead atoms. The van der Waals surface area contributed by atoms with Gasteiger partial charge in [0.15, 0.2) is 5.76 Å². The van der Waals surface area contributed by atoms with Crippen LogP contribution < -0.4 is 10.2 Å². The molecule has 0 spiro atoms. The number of hydrogen-bond donors (Lipinski definition) is 1. The number of aromatic hydroxyl groups is 1. The lowest BCUT2D eigenvalue weighted by atomic mass is 10.0. The standard InChI is InChI=1S/C27H26O4/c1-2-3-10-15-30-22-17-20(16-19-11-6-4-7-12-19)18-23-24(22)25(28)26(29)27(31-23)21-13-8-5-9-14-21/h4-9,11-14,17-18,29H,2-3,10,15-16H2,1H3. The van der Waals surface area contributed by atoms with E-state index in [-0.39, 0.29) is 11.1 Å². The van der Waals surface area contributed by atoms with Crippen LogP contribution in [0.3, 0.4) is 0 Å². The van der Waals surface area contributed by atoms with Gasteiger partial charge in [-0.15, -0.1) is 0 Å². The first kappa shape index (κ1) is 20.7. The van der Waals surface area contributed by atoms with Crippen LogP contribution in [0.2, 0.25) is 0 Å². The molecule has 158 valence electrons. The molecule has 4 heteroatoms. The minimum atomic E-state index is -0.475. The van der Waals surface area contributed by atoms with Crippen LogP contribution in [-0.4, -0.2) is 11.7 Å². The lowest BCUT2D eigenvalue weighted by Crippen LogP contribution is -2.07. The molecule has 1 aromatic heterocycles. The Labute approximate surface area is 181 Å². The highest BCUT2D eigenvalue weighted by atomic mass is 16.5. The SMILES string of the molecule is CCCCCOc1cc(Cc2ccccc2)cc2oc(-c3ccccc3)c(O)c(=O)c12. The first-order valence-electron chi connectivity index (χ1n) is 10.7. The fourth-order valence-corrected chi connectivity index (χ4v) is 3.70. The predicted octanol–water partition coefficient (Wildman–Crippen LogP) is 6.33. The van der Waals surface area contributed by atoms with E-state index in [1.165, 1.54) is 0 Å². The van der Waals surface area contributed by atoms with Crippen LogP contribution >= 0.6 is 0 Å². The van der Waals surface area contributed by atoms with Crippen molar-refractivity contribution in [3.63, 3.8) is 0 Å². The van der Waals surface area contributed by atoms with Crippen molar-refractivity contribution in [1.82, 2.24) is 0 Å². The number of unbranched alkanes of at least 4 members (excludes halogenated alkanes) is 2. The normalized spacial score (nSPS) is 11.0. The molecule has 4 aromatic rings. The van der Waals surface area contributed by atoms with Gasteiger partial charge in [-0.2, -0.15) is 0 Å². The molecule has 1 N–H and O–H groups in total. The van der Waals surface area contributed by atoms with E-state index in [1.54, 1.807) is 12.1 Å². The van der Waals surface area contributed by atoms with Gasteiger partial charge in [-0.3, -0.25) is 4.79 Å². The summed E-state index contributed by atoms with van der Waals surface area (Å²) < 4.78 is 12.1. The Morgan fingerprint density at radius 1 is 0.903 bits per heavy atom. The number of rotatable bonds is 8. The van der Waals surface area contributed by atoms with Crippen molar-refractivity contribution in [3.8, 4) is 22.8 Å². The molecule has 0 saturated carbocycles. The molecule has 4 nitrogen and oxygen atoms in total. The number of ether oxygens (including phenoxy) is 1. The fraction of sp³-hybridized carbons (Fsp3) is 0.222. The van der Waals surface area contributed by atoms with E-state index in [2.05, 4.69) is 19.1 Å². The van der Waals surface area contributed by atoms with Crippen molar-refractivity contribution in [3.05, 3.63) is 94.1 Å². The van der Waals surface area contributed by atoms with E-state index in [0.717, 1.165) is 30.4 Å². The predicted molar refractivity (Wildman–Crippen MR) is 124 cm³/mol. The van der Waals surface area contributed by atoms with E-state index in [0.29, 0.717) is 29.9 Å². The molecule has 0 aliphatic rings. The lowest BCUT2D eigenvalue weighted by Gasteiger charge is -2.13. The average molecular weight is 415 g/mol. The van der Waals surface area contributed by atoms with Gasteiger partial charge in [0.2, 0.25) is 11.2 Å². The van der Waals surface area contributed by atoms with E-state index in [9.17, 15) is 9.90 Å². The summed E-state index contributed by atoms with van der Waals surface area (Å²) in [5, 5.41) is 10.9. The van der Waals surface area contributed by atoms with Gasteiger partial charge >= 0.3 is 0 Å². The molecule has 0 saturated heterocycles. The third-order valence-electron chi connectivity index (χ3n) is 5.29. The maximum Gasteiger partial charge on any atom is 0.238 e. The van der Waals surface area contributed by atoms with E-state index < -0.39 is 11.2 Å². The van der Waals surface area contributed by atoms with E-state index >= 15 is 0 Å². The van der Waals surface area contributed by atoms with Crippen molar-refractivity contribution in [2.45, 2.75) is 32.6 Å². The quantitative estimate of drug-likeness (QED) is 0.343. The molecule has 31 heavy (non-hydrogen) atoms. The Morgan fingerprint density at radius 2 is 1.61 bits per heavy atom. The summed E-state index contributed by atoms with van der Waals surface area (Å²) in [7, 11) is 0. The number of benzene rings is 3. The molecule has 0 fully saturated rings. The minimum absolute atomic E-state index is 0.173. The maximum atomic E-state index is 13.1. The zero-order valence-corrected chi connectivity index (χ0v) is 17.6.